The Balaban J connectivity index is 1.82. The van der Waals surface area contributed by atoms with Crippen LogP contribution in [0.1, 0.15) is 37.7 Å². The number of carbonyl (C=O) groups excluding carboxylic acids is 1. The average molecular weight is 310 g/mol. The first-order chi connectivity index (χ1) is 10.1. The number of halogens is 1. The van der Waals surface area contributed by atoms with Gasteiger partial charge < -0.3 is 4.90 Å². The molecule has 0 unspecified atom stereocenters. The summed E-state index contributed by atoms with van der Waals surface area (Å²) in [7, 11) is 3.90. The van der Waals surface area contributed by atoms with Crippen LogP contribution in [-0.4, -0.2) is 47.4 Å². The van der Waals surface area contributed by atoms with Crippen molar-refractivity contribution in [2.45, 2.75) is 44.7 Å². The Morgan fingerprint density at radius 3 is 2.62 bits per heavy atom. The second kappa shape index (κ2) is 7.76. The van der Waals surface area contributed by atoms with Crippen molar-refractivity contribution in [1.29, 1.82) is 0 Å². The third kappa shape index (κ3) is 4.97. The minimum atomic E-state index is 0.200. The summed E-state index contributed by atoms with van der Waals surface area (Å²) in [5.41, 5.74) is 1.06. The molecule has 0 spiro atoms. The van der Waals surface area contributed by atoms with E-state index in [1.165, 1.54) is 19.3 Å². The molecule has 0 N–H and O–H groups in total. The van der Waals surface area contributed by atoms with Crippen LogP contribution in [0, 0.1) is 0 Å². The van der Waals surface area contributed by atoms with Crippen molar-refractivity contribution >= 4 is 17.5 Å². The standard InChI is InChI=1S/C16H24ClN3O/c1-19(11-13-8-9-15(17)18-10-13)12-16(21)20(2)14-6-4-3-5-7-14/h8-10,14H,3-7,11-12H2,1-2H3. The second-order valence-corrected chi connectivity index (χ2v) is 6.35. The predicted octanol–water partition coefficient (Wildman–Crippen LogP) is 2.96. The number of aromatic nitrogens is 1. The number of likely N-dealkylation sites (N-methyl/N-ethyl adjacent to an activating group) is 2. The second-order valence-electron chi connectivity index (χ2n) is 5.96. The molecule has 0 atom stereocenters. The van der Waals surface area contributed by atoms with Crippen molar-refractivity contribution in [3.8, 4) is 0 Å². The fraction of sp³-hybridized carbons (Fsp3) is 0.625. The predicted molar refractivity (Wildman–Crippen MR) is 85.2 cm³/mol. The van der Waals surface area contributed by atoms with E-state index in [2.05, 4.69) is 4.98 Å². The molecular formula is C16H24ClN3O. The molecule has 0 radical (unpaired) electrons. The lowest BCUT2D eigenvalue weighted by atomic mass is 9.94. The highest BCUT2D eigenvalue weighted by atomic mass is 35.5. The van der Waals surface area contributed by atoms with Crippen LogP contribution in [0.5, 0.6) is 0 Å². The highest BCUT2D eigenvalue weighted by Crippen LogP contribution is 2.21. The molecule has 1 fully saturated rings. The number of amides is 1. The molecule has 5 heteroatoms. The number of hydrogen-bond donors (Lipinski definition) is 0. The van der Waals surface area contributed by atoms with Crippen molar-refractivity contribution < 1.29 is 4.79 Å². The summed E-state index contributed by atoms with van der Waals surface area (Å²) in [4.78, 5) is 20.4. The lowest BCUT2D eigenvalue weighted by Gasteiger charge is -2.32. The van der Waals surface area contributed by atoms with Crippen LogP contribution in [0.4, 0.5) is 0 Å². The number of hydrogen-bond acceptors (Lipinski definition) is 3. The van der Waals surface area contributed by atoms with E-state index in [0.717, 1.165) is 18.4 Å². The molecule has 0 aliphatic heterocycles. The maximum Gasteiger partial charge on any atom is 0.236 e. The topological polar surface area (TPSA) is 36.4 Å². The van der Waals surface area contributed by atoms with E-state index in [9.17, 15) is 4.79 Å². The van der Waals surface area contributed by atoms with Crippen LogP contribution < -0.4 is 0 Å². The maximum absolute atomic E-state index is 12.3. The van der Waals surface area contributed by atoms with Gasteiger partial charge in [-0.05, 0) is 31.5 Å². The van der Waals surface area contributed by atoms with Gasteiger partial charge in [-0.3, -0.25) is 9.69 Å². The highest BCUT2D eigenvalue weighted by Gasteiger charge is 2.22. The molecule has 116 valence electrons. The lowest BCUT2D eigenvalue weighted by molar-refractivity contribution is -0.133. The van der Waals surface area contributed by atoms with E-state index in [-0.39, 0.29) is 5.91 Å². The molecule has 0 aromatic carbocycles. The molecule has 1 saturated carbocycles. The molecule has 2 rings (SSSR count). The summed E-state index contributed by atoms with van der Waals surface area (Å²) in [5, 5.41) is 0.495. The number of nitrogens with zero attached hydrogens (tertiary/aromatic N) is 3. The van der Waals surface area contributed by atoms with Gasteiger partial charge in [-0.15, -0.1) is 0 Å². The molecule has 1 aliphatic carbocycles. The van der Waals surface area contributed by atoms with E-state index in [4.69, 9.17) is 11.6 Å². The van der Waals surface area contributed by atoms with Crippen molar-refractivity contribution in [1.82, 2.24) is 14.8 Å². The van der Waals surface area contributed by atoms with E-state index >= 15 is 0 Å². The Hall–Kier alpha value is -1.13. The molecule has 0 bridgehead atoms. The van der Waals surface area contributed by atoms with Gasteiger partial charge in [0.1, 0.15) is 5.15 Å². The molecule has 1 heterocycles. The Morgan fingerprint density at radius 2 is 2.00 bits per heavy atom. The molecule has 1 amide bonds. The highest BCUT2D eigenvalue weighted by molar-refractivity contribution is 6.29. The van der Waals surface area contributed by atoms with Gasteiger partial charge in [0, 0.05) is 25.8 Å². The molecular weight excluding hydrogens is 286 g/mol. The zero-order valence-corrected chi connectivity index (χ0v) is 13.6. The number of rotatable bonds is 5. The molecule has 21 heavy (non-hydrogen) atoms. The molecule has 1 aromatic rings. The maximum atomic E-state index is 12.3. The Kier molecular flexibility index (Phi) is 6.00. The Labute approximate surface area is 132 Å². The number of carbonyl (C=O) groups is 1. The van der Waals surface area contributed by atoms with Crippen molar-refractivity contribution in [3.63, 3.8) is 0 Å². The first kappa shape index (κ1) is 16.2. The normalized spacial score (nSPS) is 16.2. The van der Waals surface area contributed by atoms with E-state index in [1.54, 1.807) is 12.3 Å². The smallest absolute Gasteiger partial charge is 0.236 e. The summed E-state index contributed by atoms with van der Waals surface area (Å²) < 4.78 is 0. The summed E-state index contributed by atoms with van der Waals surface area (Å²) in [6.07, 6.45) is 7.85. The largest absolute Gasteiger partial charge is 0.342 e. The number of pyridine rings is 1. The zero-order chi connectivity index (χ0) is 15.2. The van der Waals surface area contributed by atoms with Crippen LogP contribution in [0.3, 0.4) is 0 Å². The van der Waals surface area contributed by atoms with Crippen LogP contribution in [-0.2, 0) is 11.3 Å². The van der Waals surface area contributed by atoms with Gasteiger partial charge in [-0.1, -0.05) is 36.9 Å². The van der Waals surface area contributed by atoms with Gasteiger partial charge >= 0.3 is 0 Å². The van der Waals surface area contributed by atoms with E-state index in [1.807, 2.05) is 30.0 Å². The molecule has 4 nitrogen and oxygen atoms in total. The van der Waals surface area contributed by atoms with Crippen molar-refractivity contribution in [2.24, 2.45) is 0 Å². The first-order valence-corrected chi connectivity index (χ1v) is 7.98. The summed E-state index contributed by atoms with van der Waals surface area (Å²) in [6, 6.07) is 4.15. The summed E-state index contributed by atoms with van der Waals surface area (Å²) in [5.74, 6) is 0.200. The summed E-state index contributed by atoms with van der Waals surface area (Å²) >= 11 is 5.77. The SMILES string of the molecule is CN(CC(=O)N(C)C1CCCCC1)Cc1ccc(Cl)nc1. The fourth-order valence-corrected chi connectivity index (χ4v) is 2.99. The van der Waals surface area contributed by atoms with Gasteiger partial charge in [-0.25, -0.2) is 4.98 Å². The van der Waals surface area contributed by atoms with Crippen LogP contribution >= 0.6 is 11.6 Å². The van der Waals surface area contributed by atoms with E-state index in [0.29, 0.717) is 24.3 Å². The van der Waals surface area contributed by atoms with Gasteiger partial charge in [0.2, 0.25) is 5.91 Å². The molecule has 1 aromatic heterocycles. The minimum Gasteiger partial charge on any atom is -0.342 e. The molecule has 0 saturated heterocycles. The monoisotopic (exact) mass is 309 g/mol. The van der Waals surface area contributed by atoms with Crippen LogP contribution in [0.15, 0.2) is 18.3 Å². The zero-order valence-electron chi connectivity index (χ0n) is 12.9. The Morgan fingerprint density at radius 1 is 1.29 bits per heavy atom. The van der Waals surface area contributed by atoms with Crippen molar-refractivity contribution in [3.05, 3.63) is 29.0 Å². The quantitative estimate of drug-likeness (QED) is 0.785. The van der Waals surface area contributed by atoms with Gasteiger partial charge in [0.15, 0.2) is 0 Å². The Bertz CT molecular complexity index is 457. The van der Waals surface area contributed by atoms with E-state index < -0.39 is 0 Å². The summed E-state index contributed by atoms with van der Waals surface area (Å²) in [6.45, 7) is 1.14. The minimum absolute atomic E-state index is 0.200. The average Bonchev–Trinajstić information content (AvgIpc) is 2.49. The third-order valence-electron chi connectivity index (χ3n) is 4.16. The lowest BCUT2D eigenvalue weighted by Crippen LogP contribution is -2.43. The van der Waals surface area contributed by atoms with Gasteiger partial charge in [-0.2, -0.15) is 0 Å². The fourth-order valence-electron chi connectivity index (χ4n) is 2.88. The van der Waals surface area contributed by atoms with Gasteiger partial charge in [0.25, 0.3) is 0 Å². The third-order valence-corrected chi connectivity index (χ3v) is 4.39. The molecule has 1 aliphatic rings. The van der Waals surface area contributed by atoms with Crippen LogP contribution in [0.2, 0.25) is 5.15 Å². The van der Waals surface area contributed by atoms with Gasteiger partial charge in [0.05, 0.1) is 6.54 Å². The van der Waals surface area contributed by atoms with Crippen molar-refractivity contribution in [2.75, 3.05) is 20.6 Å². The van der Waals surface area contributed by atoms with Crippen LogP contribution in [0.25, 0.3) is 0 Å². The first-order valence-electron chi connectivity index (χ1n) is 7.61.